The van der Waals surface area contributed by atoms with E-state index in [1.807, 2.05) is 41.3 Å². The van der Waals surface area contributed by atoms with Crippen LogP contribution < -0.4 is 5.32 Å². The molecule has 3 aromatic rings. The lowest BCUT2D eigenvalue weighted by Crippen LogP contribution is -2.39. The van der Waals surface area contributed by atoms with Crippen LogP contribution in [0.4, 0.5) is 5.69 Å². The number of benzene rings is 2. The molecule has 30 heavy (non-hydrogen) atoms. The van der Waals surface area contributed by atoms with Gasteiger partial charge in [0.05, 0.1) is 0 Å². The molecule has 0 atom stereocenters. The number of rotatable bonds is 5. The average Bonchev–Trinajstić information content (AvgIpc) is 2.80. The maximum atomic E-state index is 13.0. The zero-order valence-corrected chi connectivity index (χ0v) is 16.8. The van der Waals surface area contributed by atoms with Crippen LogP contribution in [-0.2, 0) is 6.42 Å². The molecule has 0 saturated carbocycles. The molecular weight excluding hydrogens is 374 g/mol. The minimum Gasteiger partial charge on any atom is -0.339 e. The van der Waals surface area contributed by atoms with Gasteiger partial charge in [-0.3, -0.25) is 14.6 Å². The molecular formula is C25H25N3O2. The van der Waals surface area contributed by atoms with Crippen molar-refractivity contribution in [1.29, 1.82) is 0 Å². The standard InChI is InChI=1S/C25H25N3O2/c29-24(27-22-9-5-2-6-10-22)23-18-21(11-14-26-23)25(30)28-15-12-20(13-16-28)17-19-7-3-1-4-8-19/h1-11,14,18,20H,12-13,15-17H2,(H,27,29). The van der Waals surface area contributed by atoms with E-state index in [-0.39, 0.29) is 17.5 Å². The number of hydrogen-bond donors (Lipinski definition) is 1. The van der Waals surface area contributed by atoms with E-state index in [4.69, 9.17) is 0 Å². The summed E-state index contributed by atoms with van der Waals surface area (Å²) in [6.45, 7) is 1.48. The van der Waals surface area contributed by atoms with Crippen molar-refractivity contribution in [3.8, 4) is 0 Å². The Morgan fingerprint density at radius 2 is 1.60 bits per heavy atom. The average molecular weight is 399 g/mol. The molecule has 0 radical (unpaired) electrons. The SMILES string of the molecule is O=C(Nc1ccccc1)c1cc(C(=O)N2CCC(Cc3ccccc3)CC2)ccn1. The van der Waals surface area contributed by atoms with E-state index in [2.05, 4.69) is 34.6 Å². The summed E-state index contributed by atoms with van der Waals surface area (Å²) in [4.78, 5) is 31.5. The highest BCUT2D eigenvalue weighted by molar-refractivity contribution is 6.04. The largest absolute Gasteiger partial charge is 0.339 e. The summed E-state index contributed by atoms with van der Waals surface area (Å²) < 4.78 is 0. The van der Waals surface area contributed by atoms with Gasteiger partial charge in [0, 0.05) is 30.5 Å². The van der Waals surface area contributed by atoms with Crippen LogP contribution in [0, 0.1) is 5.92 Å². The first kappa shape index (κ1) is 19.8. The molecule has 1 fully saturated rings. The summed E-state index contributed by atoms with van der Waals surface area (Å²) in [6, 6.07) is 23.0. The quantitative estimate of drug-likeness (QED) is 0.690. The second-order valence-electron chi connectivity index (χ2n) is 7.68. The van der Waals surface area contributed by atoms with Crippen molar-refractivity contribution in [1.82, 2.24) is 9.88 Å². The van der Waals surface area contributed by atoms with E-state index in [0.717, 1.165) is 32.4 Å². The Hall–Kier alpha value is -3.47. The number of piperidine rings is 1. The summed E-state index contributed by atoms with van der Waals surface area (Å²) in [6.07, 6.45) is 4.57. The molecule has 5 nitrogen and oxygen atoms in total. The van der Waals surface area contributed by atoms with E-state index in [0.29, 0.717) is 17.2 Å². The highest BCUT2D eigenvalue weighted by atomic mass is 16.2. The van der Waals surface area contributed by atoms with Crippen molar-refractivity contribution in [3.63, 3.8) is 0 Å². The molecule has 5 heteroatoms. The van der Waals surface area contributed by atoms with Gasteiger partial charge in [0.2, 0.25) is 0 Å². The van der Waals surface area contributed by atoms with Crippen LogP contribution in [0.25, 0.3) is 0 Å². The van der Waals surface area contributed by atoms with E-state index in [1.54, 1.807) is 12.1 Å². The molecule has 1 aliphatic heterocycles. The van der Waals surface area contributed by atoms with Gasteiger partial charge in [0.15, 0.2) is 0 Å². The minimum atomic E-state index is -0.322. The van der Waals surface area contributed by atoms with Crippen molar-refractivity contribution >= 4 is 17.5 Å². The number of nitrogens with zero attached hydrogens (tertiary/aromatic N) is 2. The number of amides is 2. The van der Waals surface area contributed by atoms with E-state index in [9.17, 15) is 9.59 Å². The number of nitrogens with one attached hydrogen (secondary N) is 1. The molecule has 4 rings (SSSR count). The molecule has 0 spiro atoms. The molecule has 1 N–H and O–H groups in total. The van der Waals surface area contributed by atoms with Crippen molar-refractivity contribution in [2.24, 2.45) is 5.92 Å². The number of para-hydroxylation sites is 1. The second-order valence-corrected chi connectivity index (χ2v) is 7.68. The zero-order valence-electron chi connectivity index (χ0n) is 16.8. The lowest BCUT2D eigenvalue weighted by atomic mass is 9.90. The maximum Gasteiger partial charge on any atom is 0.274 e. The van der Waals surface area contributed by atoms with Gasteiger partial charge in [-0.15, -0.1) is 0 Å². The van der Waals surface area contributed by atoms with Gasteiger partial charge < -0.3 is 10.2 Å². The van der Waals surface area contributed by atoms with Crippen molar-refractivity contribution in [3.05, 3.63) is 95.8 Å². The van der Waals surface area contributed by atoms with Gasteiger partial charge in [-0.1, -0.05) is 48.5 Å². The number of aromatic nitrogens is 1. The Bertz CT molecular complexity index is 997. The fourth-order valence-electron chi connectivity index (χ4n) is 3.87. The monoisotopic (exact) mass is 399 g/mol. The topological polar surface area (TPSA) is 62.3 Å². The molecule has 1 saturated heterocycles. The normalized spacial score (nSPS) is 14.3. The first-order valence-corrected chi connectivity index (χ1v) is 10.3. The van der Waals surface area contributed by atoms with Crippen LogP contribution in [0.5, 0.6) is 0 Å². The number of carbonyl (C=O) groups excluding carboxylic acids is 2. The Kier molecular flexibility index (Phi) is 6.18. The Balaban J connectivity index is 1.36. The van der Waals surface area contributed by atoms with E-state index >= 15 is 0 Å². The van der Waals surface area contributed by atoms with Gasteiger partial charge in [0.25, 0.3) is 11.8 Å². The van der Waals surface area contributed by atoms with E-state index < -0.39 is 0 Å². The molecule has 0 aliphatic carbocycles. The summed E-state index contributed by atoms with van der Waals surface area (Å²) >= 11 is 0. The van der Waals surface area contributed by atoms with Crippen LogP contribution in [0.15, 0.2) is 79.0 Å². The molecule has 0 unspecified atom stereocenters. The smallest absolute Gasteiger partial charge is 0.274 e. The summed E-state index contributed by atoms with van der Waals surface area (Å²) in [5.41, 5.74) is 2.79. The van der Waals surface area contributed by atoms with Gasteiger partial charge in [-0.25, -0.2) is 0 Å². The third-order valence-electron chi connectivity index (χ3n) is 5.54. The third-order valence-corrected chi connectivity index (χ3v) is 5.54. The van der Waals surface area contributed by atoms with Gasteiger partial charge in [-0.05, 0) is 55.0 Å². The Morgan fingerprint density at radius 1 is 0.933 bits per heavy atom. The molecule has 2 heterocycles. The second kappa shape index (κ2) is 9.35. The number of likely N-dealkylation sites (tertiary alicyclic amines) is 1. The molecule has 152 valence electrons. The highest BCUT2D eigenvalue weighted by Crippen LogP contribution is 2.23. The molecule has 2 amide bonds. The first-order chi connectivity index (χ1) is 14.7. The maximum absolute atomic E-state index is 13.0. The lowest BCUT2D eigenvalue weighted by Gasteiger charge is -2.32. The van der Waals surface area contributed by atoms with Crippen molar-refractivity contribution in [2.45, 2.75) is 19.3 Å². The van der Waals surface area contributed by atoms with Gasteiger partial charge in [-0.2, -0.15) is 0 Å². The fraction of sp³-hybridized carbons (Fsp3) is 0.240. The summed E-state index contributed by atoms with van der Waals surface area (Å²) in [5.74, 6) is 0.239. The van der Waals surface area contributed by atoms with Crippen LogP contribution in [0.3, 0.4) is 0 Å². The summed E-state index contributed by atoms with van der Waals surface area (Å²) in [5, 5.41) is 2.81. The first-order valence-electron chi connectivity index (χ1n) is 10.3. The molecule has 1 aromatic heterocycles. The third kappa shape index (κ3) is 4.92. The predicted octanol–water partition coefficient (Wildman–Crippen LogP) is 4.43. The van der Waals surface area contributed by atoms with Crippen molar-refractivity contribution < 1.29 is 9.59 Å². The van der Waals surface area contributed by atoms with Crippen LogP contribution >= 0.6 is 0 Å². The van der Waals surface area contributed by atoms with Crippen LogP contribution in [0.1, 0.15) is 39.3 Å². The minimum absolute atomic E-state index is 0.0377. The van der Waals surface area contributed by atoms with E-state index in [1.165, 1.54) is 11.8 Å². The van der Waals surface area contributed by atoms with Gasteiger partial charge in [0.1, 0.15) is 5.69 Å². The number of pyridine rings is 1. The van der Waals surface area contributed by atoms with Crippen LogP contribution in [0.2, 0.25) is 0 Å². The number of hydrogen-bond acceptors (Lipinski definition) is 3. The predicted molar refractivity (Wildman–Crippen MR) is 117 cm³/mol. The zero-order chi connectivity index (χ0) is 20.8. The Morgan fingerprint density at radius 3 is 2.30 bits per heavy atom. The molecule has 1 aliphatic rings. The highest BCUT2D eigenvalue weighted by Gasteiger charge is 2.24. The van der Waals surface area contributed by atoms with Crippen molar-refractivity contribution in [2.75, 3.05) is 18.4 Å². The molecule has 2 aromatic carbocycles. The van der Waals surface area contributed by atoms with Crippen LogP contribution in [-0.4, -0.2) is 34.8 Å². The van der Waals surface area contributed by atoms with Gasteiger partial charge >= 0.3 is 0 Å². The number of carbonyl (C=O) groups is 2. The lowest BCUT2D eigenvalue weighted by molar-refractivity contribution is 0.0690. The number of anilines is 1. The fourth-order valence-corrected chi connectivity index (χ4v) is 3.87. The Labute approximate surface area is 176 Å². The summed E-state index contributed by atoms with van der Waals surface area (Å²) in [7, 11) is 0. The molecule has 0 bridgehead atoms.